The van der Waals surface area contributed by atoms with Gasteiger partial charge in [0.25, 0.3) is 0 Å². The van der Waals surface area contributed by atoms with Crippen LogP contribution in [0.1, 0.15) is 34.1 Å². The Kier molecular flexibility index (Phi) is 6.47. The first-order valence-corrected chi connectivity index (χ1v) is 8.03. The first-order valence-electron chi connectivity index (χ1n) is 8.03. The van der Waals surface area contributed by atoms with E-state index in [2.05, 4.69) is 21.9 Å². The molecule has 160 valence electrons. The zero-order valence-electron chi connectivity index (χ0n) is 16.0. The quantitative estimate of drug-likeness (QED) is 0.326. The maximum absolute atomic E-state index is 13.2. The van der Waals surface area contributed by atoms with Crippen molar-refractivity contribution >= 4 is 18.1 Å². The van der Waals surface area contributed by atoms with Gasteiger partial charge in [-0.25, -0.2) is 4.79 Å². The number of carbonyl (C=O) groups excluding carboxylic acids is 1. The smallest absolute Gasteiger partial charge is 0.444 e. The van der Waals surface area contributed by atoms with Gasteiger partial charge in [-0.15, -0.1) is 0 Å². The van der Waals surface area contributed by atoms with E-state index < -0.39 is 53.7 Å². The fourth-order valence-electron chi connectivity index (χ4n) is 2.36. The Hall–Kier alpha value is -2.27. The number of ether oxygens (including phenoxy) is 1. The molecule has 0 aromatic carbocycles. The van der Waals surface area contributed by atoms with Crippen molar-refractivity contribution in [3.8, 4) is 0 Å². The highest BCUT2D eigenvalue weighted by atomic mass is 19.4. The van der Waals surface area contributed by atoms with E-state index in [0.717, 1.165) is 13.3 Å². The van der Waals surface area contributed by atoms with Crippen LogP contribution in [-0.4, -0.2) is 59.9 Å². The maximum Gasteiger partial charge on any atom is 0.449 e. The Morgan fingerprint density at radius 3 is 2.18 bits per heavy atom. The van der Waals surface area contributed by atoms with Crippen molar-refractivity contribution in [1.29, 1.82) is 0 Å². The number of alkyl halides is 6. The minimum Gasteiger partial charge on any atom is -0.444 e. The largest absolute Gasteiger partial charge is 0.449 e. The molecule has 0 bridgehead atoms. The number of carbonyl (C=O) groups is 1. The standard InChI is InChI=1S/C16H22F6N4O2/c1-9(7-15(17,18)19)8-24-14(5)10(25-12(27)28-13(2,3)4)26(14)11(23-6)16(20,21)22/h8,10H,1,7H2,2-6H3,(H,25,27)/t10?,14-,26?/m1/s1. The molecular weight excluding hydrogens is 394 g/mol. The Balaban J connectivity index is 3.09. The molecule has 1 N–H and O–H groups in total. The predicted octanol–water partition coefficient (Wildman–Crippen LogP) is 4.04. The minimum atomic E-state index is -4.86. The summed E-state index contributed by atoms with van der Waals surface area (Å²) in [5, 5.41) is 2.23. The van der Waals surface area contributed by atoms with E-state index in [9.17, 15) is 31.1 Å². The van der Waals surface area contributed by atoms with Crippen LogP contribution in [0.5, 0.6) is 0 Å². The third-order valence-corrected chi connectivity index (χ3v) is 3.48. The fraction of sp³-hybridized carbons (Fsp3) is 0.688. The SMILES string of the molecule is C=C(C=N[C@@]1(C)C(NC(=O)OC(C)(C)C)N1C(=NC)C(F)(F)F)CC(F)(F)F. The number of allylic oxidation sites excluding steroid dienone is 1. The highest BCUT2D eigenvalue weighted by Crippen LogP contribution is 2.44. The van der Waals surface area contributed by atoms with Crippen LogP contribution in [0.15, 0.2) is 22.1 Å². The van der Waals surface area contributed by atoms with Crippen molar-refractivity contribution in [1.82, 2.24) is 10.2 Å². The van der Waals surface area contributed by atoms with Crippen LogP contribution in [0.4, 0.5) is 31.1 Å². The fourth-order valence-corrected chi connectivity index (χ4v) is 2.36. The second kappa shape index (κ2) is 7.63. The van der Waals surface area contributed by atoms with Crippen molar-refractivity contribution in [3.05, 3.63) is 12.2 Å². The molecule has 0 aliphatic carbocycles. The number of hydrogen-bond acceptors (Lipinski definition) is 4. The molecule has 0 spiro atoms. The third-order valence-electron chi connectivity index (χ3n) is 3.48. The molecule has 1 aliphatic heterocycles. The zero-order valence-corrected chi connectivity index (χ0v) is 16.0. The number of rotatable bonds is 4. The summed E-state index contributed by atoms with van der Waals surface area (Å²) in [4.78, 5) is 19.5. The Morgan fingerprint density at radius 2 is 1.79 bits per heavy atom. The van der Waals surface area contributed by atoms with Gasteiger partial charge in [-0.05, 0) is 33.3 Å². The summed E-state index contributed by atoms with van der Waals surface area (Å²) in [6.07, 6.45) is -12.4. The number of nitrogens with one attached hydrogen (secondary N) is 1. The number of alkyl carbamates (subject to hydrolysis) is 1. The molecule has 1 amide bonds. The third kappa shape index (κ3) is 6.41. The van der Waals surface area contributed by atoms with Crippen LogP contribution < -0.4 is 5.32 Å². The van der Waals surface area contributed by atoms with E-state index in [1.165, 1.54) is 6.92 Å². The average Bonchev–Trinajstić information content (AvgIpc) is 2.96. The molecule has 1 fully saturated rings. The van der Waals surface area contributed by atoms with Crippen molar-refractivity contribution in [2.45, 2.75) is 63.9 Å². The number of halogens is 6. The molecule has 1 saturated heterocycles. The lowest BCUT2D eigenvalue weighted by Gasteiger charge is -2.19. The maximum atomic E-state index is 13.2. The normalized spacial score (nSPS) is 23.8. The summed E-state index contributed by atoms with van der Waals surface area (Å²) in [6, 6.07) is 0. The number of hydrogen-bond donors (Lipinski definition) is 1. The molecule has 0 radical (unpaired) electrons. The second-order valence-corrected chi connectivity index (χ2v) is 7.27. The summed E-state index contributed by atoms with van der Waals surface area (Å²) >= 11 is 0. The van der Waals surface area contributed by atoms with Crippen molar-refractivity contribution in [3.63, 3.8) is 0 Å². The molecule has 28 heavy (non-hydrogen) atoms. The summed E-state index contributed by atoms with van der Waals surface area (Å²) in [7, 11) is 0.901. The lowest BCUT2D eigenvalue weighted by Crippen LogP contribution is -2.38. The van der Waals surface area contributed by atoms with Gasteiger partial charge in [0, 0.05) is 13.3 Å². The van der Waals surface area contributed by atoms with Gasteiger partial charge in [0.1, 0.15) is 5.60 Å². The van der Waals surface area contributed by atoms with Crippen molar-refractivity contribution < 1.29 is 35.9 Å². The summed E-state index contributed by atoms with van der Waals surface area (Å²) < 4.78 is 81.8. The zero-order chi connectivity index (χ0) is 22.1. The molecule has 0 aromatic heterocycles. The Labute approximate surface area is 158 Å². The van der Waals surface area contributed by atoms with Gasteiger partial charge >= 0.3 is 18.4 Å². The predicted molar refractivity (Wildman–Crippen MR) is 91.1 cm³/mol. The van der Waals surface area contributed by atoms with Crippen LogP contribution in [0.25, 0.3) is 0 Å². The molecule has 0 aromatic rings. The number of aliphatic imine (C=N–C) groups is 2. The molecule has 2 atom stereocenters. The molecule has 6 nitrogen and oxygen atoms in total. The summed E-state index contributed by atoms with van der Waals surface area (Å²) in [5.41, 5.74) is -3.06. The molecular formula is C16H22F6N4O2. The van der Waals surface area contributed by atoms with E-state index in [4.69, 9.17) is 4.74 Å². The molecule has 1 heterocycles. The van der Waals surface area contributed by atoms with Crippen LogP contribution >= 0.6 is 0 Å². The molecule has 1 aliphatic rings. The van der Waals surface area contributed by atoms with Gasteiger partial charge in [0.05, 0.1) is 6.42 Å². The van der Waals surface area contributed by atoms with E-state index in [1.807, 2.05) is 0 Å². The van der Waals surface area contributed by atoms with Crippen LogP contribution in [-0.2, 0) is 4.74 Å². The topological polar surface area (TPSA) is 66.1 Å². The van der Waals surface area contributed by atoms with Gasteiger partial charge in [0.2, 0.25) is 5.84 Å². The first-order chi connectivity index (χ1) is 12.4. The second-order valence-electron chi connectivity index (χ2n) is 7.27. The lowest BCUT2D eigenvalue weighted by atomic mass is 10.2. The summed E-state index contributed by atoms with van der Waals surface area (Å²) in [5.74, 6) is -1.34. The Morgan fingerprint density at radius 1 is 1.25 bits per heavy atom. The Bertz CT molecular complexity index is 678. The lowest BCUT2D eigenvalue weighted by molar-refractivity contribution is -0.125. The molecule has 12 heteroatoms. The van der Waals surface area contributed by atoms with Gasteiger partial charge < -0.3 is 4.74 Å². The molecule has 0 saturated carbocycles. The van der Waals surface area contributed by atoms with Gasteiger partial charge in [-0.1, -0.05) is 6.58 Å². The van der Waals surface area contributed by atoms with Crippen LogP contribution in [0.3, 0.4) is 0 Å². The van der Waals surface area contributed by atoms with E-state index >= 15 is 0 Å². The monoisotopic (exact) mass is 416 g/mol. The summed E-state index contributed by atoms with van der Waals surface area (Å²) in [6.45, 7) is 9.08. The number of amidine groups is 1. The molecule has 1 unspecified atom stereocenters. The van der Waals surface area contributed by atoms with E-state index in [0.29, 0.717) is 4.90 Å². The van der Waals surface area contributed by atoms with Gasteiger partial charge in [0.15, 0.2) is 11.8 Å². The van der Waals surface area contributed by atoms with E-state index in [-0.39, 0.29) is 0 Å². The number of nitrogens with zero attached hydrogens (tertiary/aromatic N) is 3. The first kappa shape index (κ1) is 23.8. The van der Waals surface area contributed by atoms with Gasteiger partial charge in [-0.2, -0.15) is 26.3 Å². The van der Waals surface area contributed by atoms with Crippen LogP contribution in [0, 0.1) is 0 Å². The molecule has 1 rings (SSSR count). The average molecular weight is 416 g/mol. The van der Waals surface area contributed by atoms with Crippen molar-refractivity contribution in [2.24, 2.45) is 9.98 Å². The highest BCUT2D eigenvalue weighted by Gasteiger charge is 2.66. The minimum absolute atomic E-state index is 0.446. The van der Waals surface area contributed by atoms with E-state index in [1.54, 1.807) is 20.8 Å². The number of amides is 1. The van der Waals surface area contributed by atoms with Crippen molar-refractivity contribution in [2.75, 3.05) is 7.05 Å². The van der Waals surface area contributed by atoms with Gasteiger partial charge in [-0.3, -0.25) is 20.2 Å². The highest BCUT2D eigenvalue weighted by molar-refractivity contribution is 5.92. The van der Waals surface area contributed by atoms with Crippen LogP contribution in [0.2, 0.25) is 0 Å².